The molecule has 23 heavy (non-hydrogen) atoms. The number of ether oxygens (including phenoxy) is 1. The Kier molecular flexibility index (Phi) is 4.91. The first kappa shape index (κ1) is 15.5. The van der Waals surface area contributed by atoms with Crippen LogP contribution in [0.25, 0.3) is 0 Å². The van der Waals surface area contributed by atoms with E-state index in [2.05, 4.69) is 6.07 Å². The van der Waals surface area contributed by atoms with Gasteiger partial charge in [0.15, 0.2) is 0 Å². The van der Waals surface area contributed by atoms with Crippen molar-refractivity contribution in [3.05, 3.63) is 70.1 Å². The molecule has 0 atom stereocenters. The van der Waals surface area contributed by atoms with E-state index in [0.717, 1.165) is 10.1 Å². The van der Waals surface area contributed by atoms with Crippen LogP contribution in [-0.2, 0) is 11.3 Å². The summed E-state index contributed by atoms with van der Waals surface area (Å²) in [5.74, 6) is 0.554. The van der Waals surface area contributed by atoms with E-state index >= 15 is 0 Å². The predicted molar refractivity (Wildman–Crippen MR) is 88.6 cm³/mol. The quantitative estimate of drug-likeness (QED) is 0.858. The summed E-state index contributed by atoms with van der Waals surface area (Å²) < 4.78 is 6.34. The normalized spacial score (nSPS) is 15.3. The molecule has 0 aliphatic heterocycles. The Morgan fingerprint density at radius 1 is 1.04 bits per heavy atom. The molecular formula is C19H21NO3. The fourth-order valence-corrected chi connectivity index (χ4v) is 3.26. The summed E-state index contributed by atoms with van der Waals surface area (Å²) in [6.45, 7) is 0.201. The minimum Gasteiger partial charge on any atom is -0.444 e. The topological polar surface area (TPSA) is 48.3 Å². The van der Waals surface area contributed by atoms with E-state index in [1.807, 2.05) is 18.2 Å². The maximum atomic E-state index is 12.1. The molecule has 0 amide bonds. The number of hydrogen-bond donors (Lipinski definition) is 0. The van der Waals surface area contributed by atoms with E-state index in [-0.39, 0.29) is 12.2 Å². The summed E-state index contributed by atoms with van der Waals surface area (Å²) in [5.41, 5.74) is 1.94. The van der Waals surface area contributed by atoms with Crippen molar-refractivity contribution in [3.63, 3.8) is 0 Å². The molecule has 1 saturated carbocycles. The van der Waals surface area contributed by atoms with E-state index in [4.69, 9.17) is 4.74 Å². The van der Waals surface area contributed by atoms with Crippen molar-refractivity contribution in [2.75, 3.05) is 0 Å². The molecule has 0 spiro atoms. The monoisotopic (exact) mass is 311 g/mol. The van der Waals surface area contributed by atoms with Crippen LogP contribution in [-0.4, -0.2) is 10.7 Å². The largest absolute Gasteiger partial charge is 0.444 e. The predicted octanol–water partition coefficient (Wildman–Crippen LogP) is 4.08. The van der Waals surface area contributed by atoms with Crippen LogP contribution >= 0.6 is 0 Å². The number of rotatable bonds is 3. The third-order valence-corrected chi connectivity index (χ3v) is 4.47. The molecule has 4 heteroatoms. The van der Waals surface area contributed by atoms with Crippen molar-refractivity contribution < 1.29 is 9.53 Å². The zero-order valence-corrected chi connectivity index (χ0v) is 13.1. The van der Waals surface area contributed by atoms with Gasteiger partial charge < -0.3 is 4.74 Å². The van der Waals surface area contributed by atoms with E-state index in [1.54, 1.807) is 12.1 Å². The molecular weight excluding hydrogens is 290 g/mol. The lowest BCUT2D eigenvalue weighted by molar-refractivity contribution is 0.139. The van der Waals surface area contributed by atoms with Crippen molar-refractivity contribution in [1.82, 2.24) is 4.57 Å². The standard InChI is InChI=1S/C19H21NO3/c21-18-12-6-7-13-20(18)19(22)23-14-16-10-4-5-11-17(16)15-8-2-1-3-9-15/h4-7,10-13,15H,1-3,8-9,14H2. The van der Waals surface area contributed by atoms with Gasteiger partial charge in [-0.3, -0.25) is 4.79 Å². The molecule has 1 aromatic heterocycles. The van der Waals surface area contributed by atoms with Gasteiger partial charge in [0.25, 0.3) is 5.56 Å². The summed E-state index contributed by atoms with van der Waals surface area (Å²) in [7, 11) is 0. The van der Waals surface area contributed by atoms with Crippen molar-refractivity contribution in [2.45, 2.75) is 44.6 Å². The molecule has 1 aromatic carbocycles. The van der Waals surface area contributed by atoms with Gasteiger partial charge in [-0.2, -0.15) is 0 Å². The zero-order valence-electron chi connectivity index (χ0n) is 13.1. The maximum Gasteiger partial charge on any atom is 0.421 e. The lowest BCUT2D eigenvalue weighted by atomic mass is 9.82. The van der Waals surface area contributed by atoms with Crippen molar-refractivity contribution >= 4 is 6.09 Å². The van der Waals surface area contributed by atoms with E-state index < -0.39 is 6.09 Å². The highest BCUT2D eigenvalue weighted by molar-refractivity contribution is 5.70. The molecule has 2 aromatic rings. The lowest BCUT2D eigenvalue weighted by Gasteiger charge is -2.24. The summed E-state index contributed by atoms with van der Waals surface area (Å²) in [6.07, 6.45) is 7.03. The van der Waals surface area contributed by atoms with Gasteiger partial charge in [0.2, 0.25) is 0 Å². The fourth-order valence-electron chi connectivity index (χ4n) is 3.26. The average molecular weight is 311 g/mol. The number of carbonyl (C=O) groups is 1. The second-order valence-corrected chi connectivity index (χ2v) is 6.00. The maximum absolute atomic E-state index is 12.1. The van der Waals surface area contributed by atoms with Crippen LogP contribution < -0.4 is 5.56 Å². The second-order valence-electron chi connectivity index (χ2n) is 6.00. The van der Waals surface area contributed by atoms with E-state index in [9.17, 15) is 9.59 Å². The molecule has 0 bridgehead atoms. The van der Waals surface area contributed by atoms with Gasteiger partial charge in [-0.1, -0.05) is 49.6 Å². The van der Waals surface area contributed by atoms with Crippen LogP contribution in [0.5, 0.6) is 0 Å². The van der Waals surface area contributed by atoms with Gasteiger partial charge in [0, 0.05) is 12.3 Å². The third-order valence-electron chi connectivity index (χ3n) is 4.47. The Bertz CT molecular complexity index is 729. The first-order chi connectivity index (χ1) is 11.3. The van der Waals surface area contributed by atoms with Crippen LogP contribution in [0.15, 0.2) is 53.5 Å². The number of hydrogen-bond acceptors (Lipinski definition) is 3. The number of benzene rings is 1. The Morgan fingerprint density at radius 2 is 1.78 bits per heavy atom. The molecule has 3 rings (SSSR count). The van der Waals surface area contributed by atoms with Crippen molar-refractivity contribution in [1.29, 1.82) is 0 Å². The number of aromatic nitrogens is 1. The fraction of sp³-hybridized carbons (Fsp3) is 0.368. The Hall–Kier alpha value is -2.36. The highest BCUT2D eigenvalue weighted by Crippen LogP contribution is 2.34. The molecule has 1 aliphatic carbocycles. The molecule has 1 fully saturated rings. The molecule has 1 aliphatic rings. The smallest absolute Gasteiger partial charge is 0.421 e. The SMILES string of the molecule is O=C(OCc1ccccc1C1CCCCC1)n1ccccc1=O. The van der Waals surface area contributed by atoms with Gasteiger partial charge in [-0.05, 0) is 36.0 Å². The van der Waals surface area contributed by atoms with E-state index in [1.165, 1.54) is 49.9 Å². The zero-order chi connectivity index (χ0) is 16.1. The van der Waals surface area contributed by atoms with Crippen LogP contribution in [0.2, 0.25) is 0 Å². The lowest BCUT2D eigenvalue weighted by Crippen LogP contribution is -2.26. The average Bonchev–Trinajstić information content (AvgIpc) is 2.61. The summed E-state index contributed by atoms with van der Waals surface area (Å²) in [5, 5.41) is 0. The Morgan fingerprint density at radius 3 is 2.57 bits per heavy atom. The first-order valence-corrected chi connectivity index (χ1v) is 8.18. The van der Waals surface area contributed by atoms with Gasteiger partial charge >= 0.3 is 6.09 Å². The van der Waals surface area contributed by atoms with Crippen LogP contribution in [0, 0.1) is 0 Å². The third kappa shape index (κ3) is 3.70. The second kappa shape index (κ2) is 7.27. The van der Waals surface area contributed by atoms with Crippen molar-refractivity contribution in [2.24, 2.45) is 0 Å². The molecule has 120 valence electrons. The van der Waals surface area contributed by atoms with Crippen LogP contribution in [0.4, 0.5) is 4.79 Å². The molecule has 4 nitrogen and oxygen atoms in total. The summed E-state index contributed by atoms with van der Waals surface area (Å²) >= 11 is 0. The highest BCUT2D eigenvalue weighted by atomic mass is 16.5. The van der Waals surface area contributed by atoms with Gasteiger partial charge in [0.05, 0.1) is 0 Å². The molecule has 0 saturated heterocycles. The van der Waals surface area contributed by atoms with Crippen LogP contribution in [0.1, 0.15) is 49.1 Å². The van der Waals surface area contributed by atoms with Gasteiger partial charge in [-0.15, -0.1) is 0 Å². The Labute approximate surface area is 135 Å². The summed E-state index contributed by atoms with van der Waals surface area (Å²) in [6, 6.07) is 12.7. The first-order valence-electron chi connectivity index (χ1n) is 8.18. The molecule has 0 N–H and O–H groups in total. The molecule has 0 radical (unpaired) electrons. The Balaban J connectivity index is 1.72. The molecule has 1 heterocycles. The number of nitrogens with zero attached hydrogens (tertiary/aromatic N) is 1. The number of carbonyl (C=O) groups excluding carboxylic acids is 1. The minimum absolute atomic E-state index is 0.201. The van der Waals surface area contributed by atoms with E-state index in [0.29, 0.717) is 5.92 Å². The van der Waals surface area contributed by atoms with Gasteiger partial charge in [0.1, 0.15) is 6.61 Å². The minimum atomic E-state index is -0.631. The van der Waals surface area contributed by atoms with Crippen LogP contribution in [0.3, 0.4) is 0 Å². The molecule has 0 unspecified atom stereocenters. The summed E-state index contributed by atoms with van der Waals surface area (Å²) in [4.78, 5) is 23.7. The van der Waals surface area contributed by atoms with Crippen molar-refractivity contribution in [3.8, 4) is 0 Å². The van der Waals surface area contributed by atoms with Gasteiger partial charge in [-0.25, -0.2) is 9.36 Å². The highest BCUT2D eigenvalue weighted by Gasteiger charge is 2.19. The number of pyridine rings is 1.